The number of fused-ring (bicyclic) bond motifs is 1. The third kappa shape index (κ3) is 7.52. The van der Waals surface area contributed by atoms with Crippen molar-refractivity contribution in [3.05, 3.63) is 58.1 Å². The van der Waals surface area contributed by atoms with Crippen LogP contribution in [0.4, 0.5) is 4.79 Å². The van der Waals surface area contributed by atoms with Gasteiger partial charge in [-0.2, -0.15) is 0 Å². The third-order valence-corrected chi connectivity index (χ3v) is 8.35. The number of halogens is 1. The maximum atomic E-state index is 13.3. The normalized spacial score (nSPS) is 14.3. The zero-order valence-electron chi connectivity index (χ0n) is 21.9. The lowest BCUT2D eigenvalue weighted by molar-refractivity contribution is -0.0323. The molecule has 12 nitrogen and oxygen atoms in total. The van der Waals surface area contributed by atoms with E-state index in [1.807, 2.05) is 0 Å². The number of sulfonamides is 1. The van der Waals surface area contributed by atoms with Gasteiger partial charge in [-0.15, -0.1) is 5.10 Å². The molecule has 216 valence electrons. The summed E-state index contributed by atoms with van der Waals surface area (Å²) in [6.45, 7) is 5.16. The summed E-state index contributed by atoms with van der Waals surface area (Å²) < 4.78 is 47.7. The number of aliphatic hydroxyl groups excluding tert-OH is 1. The van der Waals surface area contributed by atoms with Crippen LogP contribution in [0.2, 0.25) is 4.34 Å². The number of nitrogens with one attached hydrogen (secondary N) is 1. The lowest BCUT2D eigenvalue weighted by atomic mass is 10.0. The maximum absolute atomic E-state index is 13.3. The highest BCUT2D eigenvalue weighted by molar-refractivity contribution is 7.89. The van der Waals surface area contributed by atoms with E-state index in [4.69, 9.17) is 30.6 Å². The van der Waals surface area contributed by atoms with Gasteiger partial charge in [-0.3, -0.25) is 0 Å². The van der Waals surface area contributed by atoms with Gasteiger partial charge < -0.3 is 29.5 Å². The van der Waals surface area contributed by atoms with Crippen molar-refractivity contribution in [1.82, 2.24) is 19.4 Å². The molecule has 1 aliphatic rings. The van der Waals surface area contributed by atoms with Crippen molar-refractivity contribution in [3.8, 4) is 17.2 Å². The highest BCUT2D eigenvalue weighted by atomic mass is 35.5. The standard InChI is InChI=1S/C25H29ClN4O8S2/c1-15(2)12-30(40(33,34)19-8-9-22-23(11-19)37-14-36-22)38-25(32)27-20(16(3)31)10-17-4-6-18(7-5-17)35-13-21-24(26)39-29-28-21/h4-9,11,15-16,20,31H,10,12-14H2,1-3H3,(H,27,32). The Morgan fingerprint density at radius 1 is 1.18 bits per heavy atom. The van der Waals surface area contributed by atoms with Crippen LogP contribution >= 0.6 is 23.1 Å². The molecule has 2 N–H and O–H groups in total. The van der Waals surface area contributed by atoms with E-state index in [0.717, 1.165) is 17.1 Å². The van der Waals surface area contributed by atoms with E-state index in [1.54, 1.807) is 38.1 Å². The van der Waals surface area contributed by atoms with Crippen molar-refractivity contribution in [2.24, 2.45) is 5.92 Å². The second-order valence-electron chi connectivity index (χ2n) is 9.40. The largest absolute Gasteiger partial charge is 0.487 e. The van der Waals surface area contributed by atoms with Gasteiger partial charge in [0.15, 0.2) is 11.5 Å². The van der Waals surface area contributed by atoms with Crippen LogP contribution in [0.3, 0.4) is 0 Å². The summed E-state index contributed by atoms with van der Waals surface area (Å²) in [7, 11) is -4.23. The molecule has 0 bridgehead atoms. The fraction of sp³-hybridized carbons (Fsp3) is 0.400. The number of hydrogen-bond donors (Lipinski definition) is 2. The molecule has 2 aromatic carbocycles. The Bertz CT molecular complexity index is 1420. The minimum absolute atomic E-state index is 0.0108. The van der Waals surface area contributed by atoms with Gasteiger partial charge in [0.05, 0.1) is 23.6 Å². The fourth-order valence-corrected chi connectivity index (χ4v) is 5.65. The number of hydrogen-bond acceptors (Lipinski definition) is 11. The molecular weight excluding hydrogens is 584 g/mol. The molecule has 2 unspecified atom stereocenters. The van der Waals surface area contributed by atoms with E-state index in [9.17, 15) is 18.3 Å². The van der Waals surface area contributed by atoms with Crippen LogP contribution in [0.25, 0.3) is 0 Å². The first-order valence-corrected chi connectivity index (χ1v) is 14.9. The summed E-state index contributed by atoms with van der Waals surface area (Å²) in [6, 6.07) is 10.4. The number of ether oxygens (including phenoxy) is 3. The number of hydroxylamine groups is 1. The van der Waals surface area contributed by atoms with Crippen LogP contribution in [0.15, 0.2) is 47.4 Å². The summed E-state index contributed by atoms with van der Waals surface area (Å²) in [4.78, 5) is 18.0. The van der Waals surface area contributed by atoms with Gasteiger partial charge in [-0.05, 0) is 53.6 Å². The molecule has 0 fully saturated rings. The molecule has 1 aromatic heterocycles. The first-order chi connectivity index (χ1) is 19.0. The summed E-state index contributed by atoms with van der Waals surface area (Å²) >= 11 is 7.07. The summed E-state index contributed by atoms with van der Waals surface area (Å²) in [5.41, 5.74) is 1.33. The third-order valence-electron chi connectivity index (χ3n) is 5.76. The number of carbonyl (C=O) groups excluding carboxylic acids is 1. The van der Waals surface area contributed by atoms with Gasteiger partial charge in [0, 0.05) is 17.6 Å². The second-order valence-corrected chi connectivity index (χ2v) is 12.6. The molecule has 0 aliphatic carbocycles. The molecule has 15 heteroatoms. The van der Waals surface area contributed by atoms with Crippen LogP contribution in [-0.4, -0.2) is 59.2 Å². The average molecular weight is 613 g/mol. The molecule has 2 atom stereocenters. The Kier molecular flexibility index (Phi) is 9.68. The average Bonchev–Trinajstić information content (AvgIpc) is 3.55. The minimum atomic E-state index is -4.23. The highest BCUT2D eigenvalue weighted by Crippen LogP contribution is 2.35. The molecule has 0 saturated heterocycles. The molecule has 3 aromatic rings. The quantitative estimate of drug-likeness (QED) is 0.289. The molecule has 2 heterocycles. The van der Waals surface area contributed by atoms with Gasteiger partial charge in [0.25, 0.3) is 10.0 Å². The second kappa shape index (κ2) is 13.0. The number of nitrogens with zero attached hydrogens (tertiary/aromatic N) is 3. The number of benzene rings is 2. The van der Waals surface area contributed by atoms with E-state index in [-0.39, 0.29) is 42.9 Å². The number of carbonyl (C=O) groups is 1. The Hall–Kier alpha value is -3.17. The van der Waals surface area contributed by atoms with Crippen LogP contribution in [-0.2, 0) is 27.9 Å². The van der Waals surface area contributed by atoms with Crippen molar-refractivity contribution in [1.29, 1.82) is 0 Å². The summed E-state index contributed by atoms with van der Waals surface area (Å²) in [6.07, 6.45) is -1.75. The van der Waals surface area contributed by atoms with Gasteiger partial charge in [-0.25, -0.2) is 13.2 Å². The molecule has 40 heavy (non-hydrogen) atoms. The molecular formula is C25H29ClN4O8S2. The summed E-state index contributed by atoms with van der Waals surface area (Å²) in [5.74, 6) is 1.12. The van der Waals surface area contributed by atoms with E-state index in [0.29, 0.717) is 26.0 Å². The first kappa shape index (κ1) is 29.8. The van der Waals surface area contributed by atoms with Crippen LogP contribution in [0, 0.1) is 5.92 Å². The van der Waals surface area contributed by atoms with Gasteiger partial charge in [0.1, 0.15) is 22.4 Å². The van der Waals surface area contributed by atoms with E-state index in [2.05, 4.69) is 14.9 Å². The molecule has 0 radical (unpaired) electrons. The van der Waals surface area contributed by atoms with Gasteiger partial charge in [0.2, 0.25) is 6.79 Å². The minimum Gasteiger partial charge on any atom is -0.487 e. The SMILES string of the molecule is CC(C)CN(OC(=O)NC(Cc1ccc(OCc2nnsc2Cl)cc1)C(C)O)S(=O)(=O)c1ccc2c(c1)OCO2. The lowest BCUT2D eigenvalue weighted by Gasteiger charge is -2.25. The van der Waals surface area contributed by atoms with E-state index < -0.39 is 28.3 Å². The number of aromatic nitrogens is 2. The first-order valence-electron chi connectivity index (χ1n) is 12.3. The van der Waals surface area contributed by atoms with Gasteiger partial charge >= 0.3 is 6.09 Å². The molecule has 1 amide bonds. The topological polar surface area (TPSA) is 149 Å². The highest BCUT2D eigenvalue weighted by Gasteiger charge is 2.32. The molecule has 0 spiro atoms. The Balaban J connectivity index is 1.40. The van der Waals surface area contributed by atoms with Crippen LogP contribution < -0.4 is 19.5 Å². The van der Waals surface area contributed by atoms with Crippen LogP contribution in [0.5, 0.6) is 17.2 Å². The maximum Gasteiger partial charge on any atom is 0.427 e. The fourth-order valence-electron chi connectivity index (χ4n) is 3.66. The molecule has 0 saturated carbocycles. The Morgan fingerprint density at radius 2 is 1.90 bits per heavy atom. The van der Waals surface area contributed by atoms with Crippen molar-refractivity contribution in [2.75, 3.05) is 13.3 Å². The van der Waals surface area contributed by atoms with Crippen molar-refractivity contribution in [2.45, 2.75) is 50.8 Å². The van der Waals surface area contributed by atoms with Crippen molar-refractivity contribution in [3.63, 3.8) is 0 Å². The molecule has 1 aliphatic heterocycles. The van der Waals surface area contributed by atoms with Crippen molar-refractivity contribution >= 4 is 39.2 Å². The van der Waals surface area contributed by atoms with Gasteiger partial charge in [-0.1, -0.05) is 42.1 Å². The van der Waals surface area contributed by atoms with E-state index >= 15 is 0 Å². The molecule has 4 rings (SSSR count). The number of amides is 1. The predicted molar refractivity (Wildman–Crippen MR) is 146 cm³/mol. The van der Waals surface area contributed by atoms with Crippen LogP contribution in [0.1, 0.15) is 32.0 Å². The number of rotatable bonds is 12. The summed E-state index contributed by atoms with van der Waals surface area (Å²) in [5, 5.41) is 16.8. The Morgan fingerprint density at radius 3 is 2.55 bits per heavy atom. The van der Waals surface area contributed by atoms with Crippen molar-refractivity contribution < 1.29 is 37.4 Å². The van der Waals surface area contributed by atoms with E-state index in [1.165, 1.54) is 25.1 Å². The smallest absolute Gasteiger partial charge is 0.427 e. The Labute approximate surface area is 240 Å². The monoisotopic (exact) mass is 612 g/mol. The zero-order valence-corrected chi connectivity index (χ0v) is 24.3. The predicted octanol–water partition coefficient (Wildman–Crippen LogP) is 3.78. The lowest BCUT2D eigenvalue weighted by Crippen LogP contribution is -2.47. The number of aliphatic hydroxyl groups is 1. The zero-order chi connectivity index (χ0) is 28.9.